The molecule has 0 saturated carbocycles. The van der Waals surface area contributed by atoms with Crippen LogP contribution in [0.2, 0.25) is 0 Å². The normalized spacial score (nSPS) is 23.3. The van der Waals surface area contributed by atoms with Crippen molar-refractivity contribution in [3.63, 3.8) is 0 Å². The Bertz CT molecular complexity index is 491. The van der Waals surface area contributed by atoms with Crippen LogP contribution < -0.4 is 5.32 Å². The van der Waals surface area contributed by atoms with Crippen molar-refractivity contribution in [1.82, 2.24) is 10.2 Å². The Balaban J connectivity index is 0.00000192. The molecule has 3 rings (SSSR count). The molecule has 2 saturated heterocycles. The summed E-state index contributed by atoms with van der Waals surface area (Å²) in [5.74, 6) is 0.486. The molecular weight excluding hydrogens is 312 g/mol. The standard InChI is InChI=1S/C18H26N2O2.ClH/c21-17(14-5-2-1-3-6-14)13-16-7-4-12-20(16)18(22)15-8-10-19-11-9-15;/h1-3,5-6,15-17,19,21H,4,7-13H2;1H. The van der Waals surface area contributed by atoms with Crippen LogP contribution in [0.15, 0.2) is 30.3 Å². The van der Waals surface area contributed by atoms with Gasteiger partial charge in [-0.25, -0.2) is 0 Å². The van der Waals surface area contributed by atoms with Crippen molar-refractivity contribution < 1.29 is 9.90 Å². The predicted octanol–water partition coefficient (Wildman–Crippen LogP) is 2.52. The van der Waals surface area contributed by atoms with Crippen LogP contribution in [0, 0.1) is 5.92 Å². The number of aliphatic hydroxyl groups excluding tert-OH is 1. The Morgan fingerprint density at radius 3 is 2.61 bits per heavy atom. The van der Waals surface area contributed by atoms with E-state index in [9.17, 15) is 9.90 Å². The fourth-order valence-corrected chi connectivity index (χ4v) is 3.74. The number of carbonyl (C=O) groups excluding carboxylic acids is 1. The Kier molecular flexibility index (Phi) is 6.88. The van der Waals surface area contributed by atoms with Gasteiger partial charge in [0.15, 0.2) is 0 Å². The number of amides is 1. The maximum atomic E-state index is 12.7. The molecule has 128 valence electrons. The van der Waals surface area contributed by atoms with Gasteiger partial charge < -0.3 is 15.3 Å². The summed E-state index contributed by atoms with van der Waals surface area (Å²) < 4.78 is 0. The van der Waals surface area contributed by atoms with Crippen LogP contribution in [0.4, 0.5) is 0 Å². The molecule has 1 aromatic rings. The first kappa shape index (κ1) is 18.2. The van der Waals surface area contributed by atoms with Gasteiger partial charge in [0.2, 0.25) is 5.91 Å². The minimum atomic E-state index is -0.479. The molecule has 2 fully saturated rings. The number of piperidine rings is 1. The zero-order valence-electron chi connectivity index (χ0n) is 13.5. The van der Waals surface area contributed by atoms with Crippen molar-refractivity contribution >= 4 is 18.3 Å². The summed E-state index contributed by atoms with van der Waals surface area (Å²) in [5.41, 5.74) is 0.948. The lowest BCUT2D eigenvalue weighted by molar-refractivity contribution is -0.137. The second-order valence-corrected chi connectivity index (χ2v) is 6.51. The van der Waals surface area contributed by atoms with E-state index in [1.807, 2.05) is 35.2 Å². The molecule has 0 aromatic heterocycles. The molecule has 2 heterocycles. The van der Waals surface area contributed by atoms with Gasteiger partial charge in [-0.15, -0.1) is 12.4 Å². The molecule has 2 N–H and O–H groups in total. The summed E-state index contributed by atoms with van der Waals surface area (Å²) in [6.07, 6.45) is 4.14. The second-order valence-electron chi connectivity index (χ2n) is 6.51. The van der Waals surface area contributed by atoms with Crippen molar-refractivity contribution in [2.75, 3.05) is 19.6 Å². The van der Waals surface area contributed by atoms with Crippen molar-refractivity contribution in [2.45, 2.75) is 44.2 Å². The maximum Gasteiger partial charge on any atom is 0.226 e. The molecule has 0 spiro atoms. The minimum Gasteiger partial charge on any atom is -0.388 e. The highest BCUT2D eigenvalue weighted by atomic mass is 35.5. The summed E-state index contributed by atoms with van der Waals surface area (Å²) in [7, 11) is 0. The van der Waals surface area contributed by atoms with Gasteiger partial charge >= 0.3 is 0 Å². The number of likely N-dealkylation sites (tertiary alicyclic amines) is 1. The molecule has 1 amide bonds. The van der Waals surface area contributed by atoms with Gasteiger partial charge in [-0.2, -0.15) is 0 Å². The van der Waals surface area contributed by atoms with E-state index in [1.54, 1.807) is 0 Å². The Hall–Kier alpha value is -1.10. The van der Waals surface area contributed by atoms with Crippen LogP contribution >= 0.6 is 12.4 Å². The van der Waals surface area contributed by atoms with Crippen molar-refractivity contribution in [3.8, 4) is 0 Å². The molecule has 1 aromatic carbocycles. The first-order valence-corrected chi connectivity index (χ1v) is 8.50. The Morgan fingerprint density at radius 1 is 1.22 bits per heavy atom. The van der Waals surface area contributed by atoms with Crippen LogP contribution in [0.3, 0.4) is 0 Å². The maximum absolute atomic E-state index is 12.7. The SMILES string of the molecule is Cl.O=C(C1CCNCC1)N1CCCC1CC(O)c1ccccc1. The van der Waals surface area contributed by atoms with Crippen LogP contribution in [0.1, 0.15) is 43.8 Å². The van der Waals surface area contributed by atoms with Crippen molar-refractivity contribution in [1.29, 1.82) is 0 Å². The van der Waals surface area contributed by atoms with Gasteiger partial charge in [0.05, 0.1) is 6.10 Å². The van der Waals surface area contributed by atoms with Gasteiger partial charge in [0, 0.05) is 18.5 Å². The molecule has 23 heavy (non-hydrogen) atoms. The first-order valence-electron chi connectivity index (χ1n) is 8.50. The third-order valence-corrected chi connectivity index (χ3v) is 5.03. The first-order chi connectivity index (χ1) is 10.8. The molecule has 4 nitrogen and oxygen atoms in total. The van der Waals surface area contributed by atoms with E-state index in [2.05, 4.69) is 5.32 Å². The quantitative estimate of drug-likeness (QED) is 0.887. The van der Waals surface area contributed by atoms with E-state index in [1.165, 1.54) is 0 Å². The summed E-state index contributed by atoms with van der Waals surface area (Å²) in [5, 5.41) is 13.8. The van der Waals surface area contributed by atoms with E-state index in [-0.39, 0.29) is 24.4 Å². The predicted molar refractivity (Wildman–Crippen MR) is 93.6 cm³/mol. The number of carbonyl (C=O) groups is 1. The average molecular weight is 339 g/mol. The molecule has 5 heteroatoms. The summed E-state index contributed by atoms with van der Waals surface area (Å²) in [6, 6.07) is 9.96. The number of rotatable bonds is 4. The number of benzene rings is 1. The van der Waals surface area contributed by atoms with E-state index in [4.69, 9.17) is 0 Å². The lowest BCUT2D eigenvalue weighted by atomic mass is 9.95. The molecule has 2 aliphatic heterocycles. The molecule has 2 unspecified atom stereocenters. The molecule has 0 radical (unpaired) electrons. The van der Waals surface area contributed by atoms with E-state index in [0.717, 1.165) is 50.9 Å². The number of nitrogens with zero attached hydrogens (tertiary/aromatic N) is 1. The number of nitrogens with one attached hydrogen (secondary N) is 1. The highest BCUT2D eigenvalue weighted by Crippen LogP contribution is 2.29. The van der Waals surface area contributed by atoms with Gasteiger partial charge in [-0.05, 0) is 50.8 Å². The molecule has 0 bridgehead atoms. The molecule has 2 atom stereocenters. The topological polar surface area (TPSA) is 52.6 Å². The van der Waals surface area contributed by atoms with Crippen LogP contribution in [-0.4, -0.2) is 41.6 Å². The summed E-state index contributed by atoms with van der Waals surface area (Å²) in [4.78, 5) is 14.8. The number of hydrogen-bond acceptors (Lipinski definition) is 3. The van der Waals surface area contributed by atoms with Gasteiger partial charge in [0.25, 0.3) is 0 Å². The zero-order chi connectivity index (χ0) is 15.4. The summed E-state index contributed by atoms with van der Waals surface area (Å²) >= 11 is 0. The van der Waals surface area contributed by atoms with Crippen LogP contribution in [-0.2, 0) is 4.79 Å². The largest absolute Gasteiger partial charge is 0.388 e. The third-order valence-electron chi connectivity index (χ3n) is 5.03. The van der Waals surface area contributed by atoms with Crippen LogP contribution in [0.5, 0.6) is 0 Å². The summed E-state index contributed by atoms with van der Waals surface area (Å²) in [6.45, 7) is 2.75. The van der Waals surface area contributed by atoms with Gasteiger partial charge in [-0.1, -0.05) is 30.3 Å². The fourth-order valence-electron chi connectivity index (χ4n) is 3.74. The highest BCUT2D eigenvalue weighted by molar-refractivity contribution is 5.85. The molecule has 2 aliphatic rings. The van der Waals surface area contributed by atoms with E-state index in [0.29, 0.717) is 12.3 Å². The number of hydrogen-bond donors (Lipinski definition) is 2. The van der Waals surface area contributed by atoms with Crippen molar-refractivity contribution in [3.05, 3.63) is 35.9 Å². The third kappa shape index (κ3) is 4.46. The highest BCUT2D eigenvalue weighted by Gasteiger charge is 2.34. The number of halogens is 1. The molecule has 0 aliphatic carbocycles. The zero-order valence-corrected chi connectivity index (χ0v) is 14.3. The minimum absolute atomic E-state index is 0. The smallest absolute Gasteiger partial charge is 0.226 e. The second kappa shape index (κ2) is 8.67. The number of aliphatic hydroxyl groups is 1. The lowest BCUT2D eigenvalue weighted by Gasteiger charge is -2.32. The van der Waals surface area contributed by atoms with E-state index >= 15 is 0 Å². The fraction of sp³-hybridized carbons (Fsp3) is 0.611. The Morgan fingerprint density at radius 2 is 1.91 bits per heavy atom. The van der Waals surface area contributed by atoms with E-state index < -0.39 is 6.10 Å². The van der Waals surface area contributed by atoms with Gasteiger partial charge in [0.1, 0.15) is 0 Å². The van der Waals surface area contributed by atoms with Crippen molar-refractivity contribution in [2.24, 2.45) is 5.92 Å². The molecular formula is C18H27ClN2O2. The average Bonchev–Trinajstić information content (AvgIpc) is 3.04. The Labute approximate surface area is 144 Å². The lowest BCUT2D eigenvalue weighted by Crippen LogP contribution is -2.43. The van der Waals surface area contributed by atoms with Crippen LogP contribution in [0.25, 0.3) is 0 Å². The monoisotopic (exact) mass is 338 g/mol. The van der Waals surface area contributed by atoms with Gasteiger partial charge in [-0.3, -0.25) is 4.79 Å².